The molecule has 4 heteroatoms. The van der Waals surface area contributed by atoms with Crippen molar-refractivity contribution < 1.29 is 14.7 Å². The number of Topliss-reactive ketones (excluding diaryl/α,β-unsaturated/α-hetero) is 1. The maximum Gasteiger partial charge on any atom is 0.377 e. The van der Waals surface area contributed by atoms with E-state index in [-0.39, 0.29) is 11.0 Å². The van der Waals surface area contributed by atoms with Crippen LogP contribution in [0.2, 0.25) is 0 Å². The first-order valence-corrected chi connectivity index (χ1v) is 7.88. The molecule has 0 saturated carbocycles. The van der Waals surface area contributed by atoms with Crippen molar-refractivity contribution >= 4 is 23.5 Å². The first-order valence-electron chi connectivity index (χ1n) is 6.90. The highest BCUT2D eigenvalue weighted by Gasteiger charge is 2.19. The van der Waals surface area contributed by atoms with E-state index in [0.717, 1.165) is 5.56 Å². The minimum atomic E-state index is -1.43. The first kappa shape index (κ1) is 18.1. The van der Waals surface area contributed by atoms with Crippen LogP contribution >= 0.6 is 11.8 Å². The number of hydrogen-bond acceptors (Lipinski definition) is 3. The third kappa shape index (κ3) is 5.79. The number of aliphatic carboxylic acids is 1. The normalized spacial score (nSPS) is 11.1. The van der Waals surface area contributed by atoms with Crippen molar-refractivity contribution in [3.05, 3.63) is 41.5 Å². The van der Waals surface area contributed by atoms with Gasteiger partial charge in [-0.15, -0.1) is 11.8 Å². The summed E-state index contributed by atoms with van der Waals surface area (Å²) >= 11 is 1.44. The third-order valence-electron chi connectivity index (χ3n) is 2.62. The lowest BCUT2D eigenvalue weighted by Gasteiger charge is -2.08. The Morgan fingerprint density at radius 3 is 2.59 bits per heavy atom. The van der Waals surface area contributed by atoms with Gasteiger partial charge < -0.3 is 5.11 Å². The Hall–Kier alpha value is -1.99. The highest BCUT2D eigenvalue weighted by Crippen LogP contribution is 2.27. The molecular formula is C18H20O3S. The Kier molecular flexibility index (Phi) is 6.45. The Bertz CT molecular complexity index is 655. The third-order valence-corrected chi connectivity index (χ3v) is 3.81. The second-order valence-corrected chi connectivity index (χ2v) is 6.85. The molecule has 1 aromatic carbocycles. The van der Waals surface area contributed by atoms with Gasteiger partial charge in [-0.05, 0) is 45.4 Å². The maximum atomic E-state index is 11.7. The summed E-state index contributed by atoms with van der Waals surface area (Å²) in [6.07, 6.45) is 3.69. The van der Waals surface area contributed by atoms with E-state index in [1.54, 1.807) is 18.2 Å². The first-order chi connectivity index (χ1) is 10.2. The highest BCUT2D eigenvalue weighted by molar-refractivity contribution is 7.99. The van der Waals surface area contributed by atoms with Crippen LogP contribution in [0.4, 0.5) is 0 Å². The number of aryl methyl sites for hydroxylation is 1. The number of carbonyl (C=O) groups is 2. The minimum absolute atomic E-state index is 0.0332. The second kappa shape index (κ2) is 7.86. The fraction of sp³-hybridized carbons (Fsp3) is 0.333. The smallest absolute Gasteiger partial charge is 0.377 e. The molecule has 0 aliphatic heterocycles. The van der Waals surface area contributed by atoms with Crippen LogP contribution in [0.1, 0.15) is 36.7 Å². The van der Waals surface area contributed by atoms with Gasteiger partial charge in [0.1, 0.15) is 0 Å². The number of carboxylic acid groups (broad SMARTS) is 1. The van der Waals surface area contributed by atoms with E-state index in [1.165, 1.54) is 11.8 Å². The fourth-order valence-electron chi connectivity index (χ4n) is 1.63. The van der Waals surface area contributed by atoms with Crippen LogP contribution in [0, 0.1) is 24.2 Å². The van der Waals surface area contributed by atoms with Gasteiger partial charge in [0.2, 0.25) is 0 Å². The van der Waals surface area contributed by atoms with E-state index in [9.17, 15) is 9.59 Å². The molecule has 0 heterocycles. The summed E-state index contributed by atoms with van der Waals surface area (Å²) in [7, 11) is 0. The van der Waals surface area contributed by atoms with E-state index in [1.807, 2.05) is 39.8 Å². The number of rotatable bonds is 5. The van der Waals surface area contributed by atoms with Gasteiger partial charge >= 0.3 is 5.97 Å². The van der Waals surface area contributed by atoms with Gasteiger partial charge in [-0.2, -0.15) is 0 Å². The van der Waals surface area contributed by atoms with Crippen molar-refractivity contribution in [2.24, 2.45) is 5.41 Å². The van der Waals surface area contributed by atoms with Crippen LogP contribution in [-0.4, -0.2) is 22.6 Å². The molecule has 0 aromatic heterocycles. The molecule has 0 bridgehead atoms. The molecule has 1 rings (SSSR count). The standard InChI is InChI=1S/C18H20O3S/c1-13-9-8-10-14(15(19)17(20)21)16(13)22-12-7-5-6-11-18(2,3)4/h5,7-10H,12H2,1-4H3,(H,20,21). The Labute approximate surface area is 135 Å². The SMILES string of the molecule is Cc1cccc(C(=O)C(=O)O)c1SCC=CC#CC(C)(C)C. The van der Waals surface area contributed by atoms with E-state index in [2.05, 4.69) is 11.8 Å². The van der Waals surface area contributed by atoms with E-state index < -0.39 is 11.8 Å². The topological polar surface area (TPSA) is 54.4 Å². The molecule has 116 valence electrons. The van der Waals surface area contributed by atoms with Gasteiger partial charge in [-0.1, -0.05) is 30.0 Å². The average Bonchev–Trinajstić information content (AvgIpc) is 2.41. The molecule has 0 fully saturated rings. The molecule has 0 saturated heterocycles. The largest absolute Gasteiger partial charge is 0.475 e. The predicted molar refractivity (Wildman–Crippen MR) is 90.2 cm³/mol. The van der Waals surface area contributed by atoms with Crippen molar-refractivity contribution in [3.63, 3.8) is 0 Å². The summed E-state index contributed by atoms with van der Waals surface area (Å²) in [4.78, 5) is 23.3. The molecule has 1 aromatic rings. The van der Waals surface area contributed by atoms with Crippen LogP contribution < -0.4 is 0 Å². The molecule has 0 aliphatic carbocycles. The van der Waals surface area contributed by atoms with Crippen molar-refractivity contribution in [1.29, 1.82) is 0 Å². The minimum Gasteiger partial charge on any atom is -0.475 e. The number of carbonyl (C=O) groups excluding carboxylic acids is 1. The Morgan fingerprint density at radius 2 is 2.00 bits per heavy atom. The average molecular weight is 316 g/mol. The summed E-state index contributed by atoms with van der Waals surface area (Å²) in [6, 6.07) is 5.11. The Morgan fingerprint density at radius 1 is 1.32 bits per heavy atom. The molecule has 0 amide bonds. The molecule has 0 atom stereocenters. The van der Waals surface area contributed by atoms with Crippen molar-refractivity contribution in [3.8, 4) is 11.8 Å². The Balaban J connectivity index is 2.82. The van der Waals surface area contributed by atoms with Crippen LogP contribution in [0.25, 0.3) is 0 Å². The van der Waals surface area contributed by atoms with Gasteiger partial charge in [0.15, 0.2) is 0 Å². The van der Waals surface area contributed by atoms with Crippen molar-refractivity contribution in [1.82, 2.24) is 0 Å². The van der Waals surface area contributed by atoms with E-state index in [0.29, 0.717) is 10.6 Å². The van der Waals surface area contributed by atoms with Crippen molar-refractivity contribution in [2.75, 3.05) is 5.75 Å². The molecule has 22 heavy (non-hydrogen) atoms. The summed E-state index contributed by atoms with van der Waals surface area (Å²) in [6.45, 7) is 7.99. The van der Waals surface area contributed by atoms with Crippen LogP contribution in [0.5, 0.6) is 0 Å². The number of thioether (sulfide) groups is 1. The van der Waals surface area contributed by atoms with Crippen molar-refractivity contribution in [2.45, 2.75) is 32.6 Å². The number of hydrogen-bond donors (Lipinski definition) is 1. The number of benzene rings is 1. The second-order valence-electron chi connectivity index (χ2n) is 5.82. The summed E-state index contributed by atoms with van der Waals surface area (Å²) in [5, 5.41) is 8.88. The monoisotopic (exact) mass is 316 g/mol. The van der Waals surface area contributed by atoms with Gasteiger partial charge in [0.05, 0.1) is 0 Å². The summed E-state index contributed by atoms with van der Waals surface area (Å²) in [5.74, 6) is 4.40. The molecule has 0 aliphatic rings. The molecular weight excluding hydrogens is 296 g/mol. The van der Waals surface area contributed by atoms with Crippen LogP contribution in [-0.2, 0) is 4.79 Å². The number of ketones is 1. The molecule has 0 spiro atoms. The quantitative estimate of drug-likeness (QED) is 0.387. The molecule has 0 unspecified atom stereocenters. The van der Waals surface area contributed by atoms with Gasteiger partial charge in [-0.25, -0.2) is 4.79 Å². The number of carboxylic acids is 1. The lowest BCUT2D eigenvalue weighted by Crippen LogP contribution is -2.14. The zero-order chi connectivity index (χ0) is 16.8. The zero-order valence-corrected chi connectivity index (χ0v) is 14.1. The zero-order valence-electron chi connectivity index (χ0n) is 13.3. The summed E-state index contributed by atoms with van der Waals surface area (Å²) < 4.78 is 0. The molecule has 1 N–H and O–H groups in total. The van der Waals surface area contributed by atoms with Gasteiger partial charge in [0, 0.05) is 21.6 Å². The van der Waals surface area contributed by atoms with Gasteiger partial charge in [0.25, 0.3) is 5.78 Å². The van der Waals surface area contributed by atoms with Gasteiger partial charge in [-0.3, -0.25) is 4.79 Å². The van der Waals surface area contributed by atoms with E-state index in [4.69, 9.17) is 5.11 Å². The fourth-order valence-corrected chi connectivity index (χ4v) is 2.61. The number of allylic oxidation sites excluding steroid dienone is 1. The lowest BCUT2D eigenvalue weighted by atomic mass is 9.98. The van der Waals surface area contributed by atoms with Crippen LogP contribution in [0.15, 0.2) is 35.2 Å². The summed E-state index contributed by atoms with van der Waals surface area (Å²) in [5.41, 5.74) is 1.10. The van der Waals surface area contributed by atoms with E-state index >= 15 is 0 Å². The van der Waals surface area contributed by atoms with Crippen LogP contribution in [0.3, 0.4) is 0 Å². The highest BCUT2D eigenvalue weighted by atomic mass is 32.2. The lowest BCUT2D eigenvalue weighted by molar-refractivity contribution is -0.131. The maximum absolute atomic E-state index is 11.7. The molecule has 0 radical (unpaired) electrons. The molecule has 3 nitrogen and oxygen atoms in total. The predicted octanol–water partition coefficient (Wildman–Crippen LogP) is 3.96.